The summed E-state index contributed by atoms with van der Waals surface area (Å²) < 4.78 is 10.2. The molecule has 4 amide bonds. The van der Waals surface area contributed by atoms with Crippen LogP contribution in [0.4, 0.5) is 5.13 Å². The summed E-state index contributed by atoms with van der Waals surface area (Å²) in [4.78, 5) is 58.1. The van der Waals surface area contributed by atoms with Crippen molar-refractivity contribution in [3.8, 4) is 0 Å². The van der Waals surface area contributed by atoms with E-state index in [1.807, 2.05) is 0 Å². The van der Waals surface area contributed by atoms with E-state index in [2.05, 4.69) is 10.3 Å². The van der Waals surface area contributed by atoms with Crippen molar-refractivity contribution < 1.29 is 28.3 Å². The van der Waals surface area contributed by atoms with Crippen LogP contribution in [0.15, 0.2) is 28.2 Å². The lowest BCUT2D eigenvalue weighted by molar-refractivity contribution is -0.138. The third-order valence-electron chi connectivity index (χ3n) is 5.13. The van der Waals surface area contributed by atoms with Crippen molar-refractivity contribution in [2.75, 3.05) is 58.3 Å². The van der Waals surface area contributed by atoms with Crippen LogP contribution in [0.25, 0.3) is 0 Å². The molecule has 0 saturated carbocycles. The number of methoxy groups -OCH3 is 1. The summed E-state index contributed by atoms with van der Waals surface area (Å²) in [7, 11) is 1.51. The maximum absolute atomic E-state index is 12.6. The number of nitrogens with one attached hydrogen (secondary N) is 1. The number of hydrogen-bond donors (Lipinski definition) is 1. The highest BCUT2D eigenvalue weighted by atomic mass is 32.1. The number of carbonyl (C=O) groups excluding carboxylic acids is 4. The van der Waals surface area contributed by atoms with Gasteiger partial charge in [0.2, 0.25) is 17.7 Å². The molecule has 2 aromatic rings. The van der Waals surface area contributed by atoms with Crippen LogP contribution in [0.2, 0.25) is 0 Å². The molecule has 1 saturated heterocycles. The number of piperazine rings is 1. The van der Waals surface area contributed by atoms with Gasteiger partial charge >= 0.3 is 0 Å². The Kier molecular flexibility index (Phi) is 8.55. The second-order valence-corrected chi connectivity index (χ2v) is 8.31. The van der Waals surface area contributed by atoms with Gasteiger partial charge in [0.25, 0.3) is 5.91 Å². The molecule has 0 atom stereocenters. The maximum Gasteiger partial charge on any atom is 0.290 e. The molecule has 1 fully saturated rings. The molecule has 0 unspecified atom stereocenters. The first kappa shape index (κ1) is 24.4. The fourth-order valence-electron chi connectivity index (χ4n) is 3.33. The van der Waals surface area contributed by atoms with Crippen molar-refractivity contribution in [3.05, 3.63) is 35.2 Å². The first-order chi connectivity index (χ1) is 15.9. The Balaban J connectivity index is 1.51. The Bertz CT molecular complexity index is 968. The van der Waals surface area contributed by atoms with Crippen LogP contribution in [0.3, 0.4) is 0 Å². The monoisotopic (exact) mass is 477 g/mol. The summed E-state index contributed by atoms with van der Waals surface area (Å²) >= 11 is 1.21. The second-order valence-electron chi connectivity index (χ2n) is 7.45. The number of thiazole rings is 1. The lowest BCUT2D eigenvalue weighted by Gasteiger charge is -2.34. The van der Waals surface area contributed by atoms with E-state index < -0.39 is 11.8 Å². The molecule has 1 N–H and O–H groups in total. The molecule has 1 aliphatic heterocycles. The van der Waals surface area contributed by atoms with Gasteiger partial charge in [0, 0.05) is 52.1 Å². The van der Waals surface area contributed by atoms with Crippen molar-refractivity contribution in [2.45, 2.75) is 13.3 Å². The minimum Gasteiger partial charge on any atom is -0.459 e. The van der Waals surface area contributed by atoms with E-state index in [1.54, 1.807) is 21.2 Å². The van der Waals surface area contributed by atoms with E-state index in [4.69, 9.17) is 9.15 Å². The van der Waals surface area contributed by atoms with Crippen LogP contribution in [0, 0.1) is 0 Å². The van der Waals surface area contributed by atoms with E-state index in [-0.39, 0.29) is 43.7 Å². The zero-order valence-corrected chi connectivity index (χ0v) is 19.4. The minimum absolute atomic E-state index is 0.00799. The first-order valence-corrected chi connectivity index (χ1v) is 11.3. The standard InChI is InChI=1S/C21H27N5O6S/c1-15(27)24-5-7-25(8-6-24)19(29)12-16-14-33-21(22-16)23-18(28)13-26(9-11-31-2)20(30)17-4-3-10-32-17/h3-4,10,14H,5-9,11-13H2,1-2H3,(H,22,23,28). The van der Waals surface area contributed by atoms with Gasteiger partial charge in [-0.15, -0.1) is 11.3 Å². The quantitative estimate of drug-likeness (QED) is 0.563. The van der Waals surface area contributed by atoms with Gasteiger partial charge in [-0.1, -0.05) is 0 Å². The van der Waals surface area contributed by atoms with Crippen LogP contribution < -0.4 is 5.32 Å². The summed E-state index contributed by atoms with van der Waals surface area (Å²) in [6.07, 6.45) is 1.51. The molecule has 0 radical (unpaired) electrons. The molecule has 3 rings (SSSR count). The number of carbonyl (C=O) groups is 4. The van der Waals surface area contributed by atoms with Gasteiger partial charge in [0.1, 0.15) is 6.54 Å². The fraction of sp³-hybridized carbons (Fsp3) is 0.476. The molecular formula is C21H27N5O6S. The number of nitrogens with zero attached hydrogens (tertiary/aromatic N) is 4. The van der Waals surface area contributed by atoms with Gasteiger partial charge in [-0.05, 0) is 12.1 Å². The molecule has 2 aromatic heterocycles. The van der Waals surface area contributed by atoms with E-state index in [0.717, 1.165) is 0 Å². The normalized spacial score (nSPS) is 13.6. The van der Waals surface area contributed by atoms with Gasteiger partial charge in [-0.25, -0.2) is 4.98 Å². The SMILES string of the molecule is COCCN(CC(=O)Nc1nc(CC(=O)N2CCN(C(C)=O)CC2)cs1)C(=O)c1ccco1. The van der Waals surface area contributed by atoms with Crippen LogP contribution in [-0.4, -0.2) is 96.3 Å². The zero-order chi connectivity index (χ0) is 23.8. The smallest absolute Gasteiger partial charge is 0.290 e. The molecular weight excluding hydrogens is 450 g/mol. The van der Waals surface area contributed by atoms with E-state index in [0.29, 0.717) is 37.0 Å². The lowest BCUT2D eigenvalue weighted by Crippen LogP contribution is -2.50. The van der Waals surface area contributed by atoms with Gasteiger partial charge in [0.05, 0.1) is 25.0 Å². The second kappa shape index (κ2) is 11.6. The molecule has 0 bridgehead atoms. The Morgan fingerprint density at radius 2 is 1.94 bits per heavy atom. The third kappa shape index (κ3) is 6.86. The highest BCUT2D eigenvalue weighted by Gasteiger charge is 2.24. The summed E-state index contributed by atoms with van der Waals surface area (Å²) in [5.41, 5.74) is 0.553. The van der Waals surface area contributed by atoms with E-state index >= 15 is 0 Å². The Morgan fingerprint density at radius 3 is 2.58 bits per heavy atom. The van der Waals surface area contributed by atoms with E-state index in [1.165, 1.54) is 42.6 Å². The predicted octanol–water partition coefficient (Wildman–Crippen LogP) is 0.697. The number of aromatic nitrogens is 1. The fourth-order valence-corrected chi connectivity index (χ4v) is 4.05. The highest BCUT2D eigenvalue weighted by Crippen LogP contribution is 2.17. The Labute approximate surface area is 195 Å². The van der Waals surface area contributed by atoms with Crippen molar-refractivity contribution in [3.63, 3.8) is 0 Å². The van der Waals surface area contributed by atoms with E-state index in [9.17, 15) is 19.2 Å². The number of anilines is 1. The zero-order valence-electron chi connectivity index (χ0n) is 18.6. The number of ether oxygens (including phenoxy) is 1. The summed E-state index contributed by atoms with van der Waals surface area (Å²) in [6.45, 7) is 3.84. The van der Waals surface area contributed by atoms with Crippen molar-refractivity contribution in [1.82, 2.24) is 19.7 Å². The Morgan fingerprint density at radius 1 is 1.21 bits per heavy atom. The summed E-state index contributed by atoms with van der Waals surface area (Å²) in [5.74, 6) is -0.760. The Hall–Kier alpha value is -3.25. The van der Waals surface area contributed by atoms with Gasteiger partial charge < -0.3 is 29.2 Å². The maximum atomic E-state index is 12.6. The number of furan rings is 1. The molecule has 12 heteroatoms. The minimum atomic E-state index is -0.418. The van der Waals surface area contributed by atoms with Crippen LogP contribution in [0.1, 0.15) is 23.2 Å². The molecule has 1 aliphatic rings. The average Bonchev–Trinajstić information content (AvgIpc) is 3.48. The van der Waals surface area contributed by atoms with Crippen molar-refractivity contribution >= 4 is 40.1 Å². The van der Waals surface area contributed by atoms with Crippen molar-refractivity contribution in [1.29, 1.82) is 0 Å². The molecule has 33 heavy (non-hydrogen) atoms. The molecule has 0 aliphatic carbocycles. The molecule has 0 aromatic carbocycles. The number of amides is 4. The highest BCUT2D eigenvalue weighted by molar-refractivity contribution is 7.13. The van der Waals surface area contributed by atoms with Gasteiger partial charge in [0.15, 0.2) is 10.9 Å². The van der Waals surface area contributed by atoms with Gasteiger partial charge in [-0.3, -0.25) is 19.2 Å². The predicted molar refractivity (Wildman–Crippen MR) is 120 cm³/mol. The third-order valence-corrected chi connectivity index (χ3v) is 5.93. The van der Waals surface area contributed by atoms with Gasteiger partial charge in [-0.2, -0.15) is 0 Å². The number of rotatable bonds is 9. The topological polar surface area (TPSA) is 125 Å². The van der Waals surface area contributed by atoms with Crippen LogP contribution in [-0.2, 0) is 25.5 Å². The lowest BCUT2D eigenvalue weighted by atomic mass is 10.2. The summed E-state index contributed by atoms with van der Waals surface area (Å²) in [6, 6.07) is 3.13. The van der Waals surface area contributed by atoms with Crippen LogP contribution in [0.5, 0.6) is 0 Å². The van der Waals surface area contributed by atoms with Crippen LogP contribution >= 0.6 is 11.3 Å². The summed E-state index contributed by atoms with van der Waals surface area (Å²) in [5, 5.41) is 4.74. The first-order valence-electron chi connectivity index (χ1n) is 10.5. The molecule has 0 spiro atoms. The molecule has 178 valence electrons. The molecule has 11 nitrogen and oxygen atoms in total. The van der Waals surface area contributed by atoms with Crippen molar-refractivity contribution in [2.24, 2.45) is 0 Å². The largest absolute Gasteiger partial charge is 0.459 e. The average molecular weight is 478 g/mol. The number of hydrogen-bond acceptors (Lipinski definition) is 8. The molecule has 3 heterocycles.